The van der Waals surface area contributed by atoms with Crippen molar-refractivity contribution in [2.24, 2.45) is 0 Å². The predicted molar refractivity (Wildman–Crippen MR) is 60.8 cm³/mol. The standard InChI is InChI=1S/C12H17NO3/c1-8-3-4-9(14)11-10(8)12(15,7-16-11)5-6-13-2/h3-4,13-15H,5-7H2,1-2H3/t12-/m1/s1. The molecule has 0 radical (unpaired) electrons. The Morgan fingerprint density at radius 1 is 1.50 bits per heavy atom. The van der Waals surface area contributed by atoms with E-state index in [0.29, 0.717) is 18.7 Å². The van der Waals surface area contributed by atoms with Crippen molar-refractivity contribution in [1.29, 1.82) is 0 Å². The van der Waals surface area contributed by atoms with Crippen molar-refractivity contribution in [3.05, 3.63) is 23.3 Å². The van der Waals surface area contributed by atoms with Gasteiger partial charge in [-0.1, -0.05) is 6.07 Å². The fraction of sp³-hybridized carbons (Fsp3) is 0.500. The molecule has 1 aliphatic rings. The van der Waals surface area contributed by atoms with Crippen LogP contribution in [0.3, 0.4) is 0 Å². The molecular formula is C12H17NO3. The molecule has 1 aromatic rings. The number of hydrogen-bond acceptors (Lipinski definition) is 4. The van der Waals surface area contributed by atoms with Crippen LogP contribution in [-0.4, -0.2) is 30.4 Å². The van der Waals surface area contributed by atoms with Crippen LogP contribution in [0.1, 0.15) is 17.5 Å². The number of aryl methyl sites for hydroxylation is 1. The van der Waals surface area contributed by atoms with Gasteiger partial charge in [0.1, 0.15) is 12.2 Å². The maximum atomic E-state index is 10.5. The summed E-state index contributed by atoms with van der Waals surface area (Å²) in [5.74, 6) is 0.527. The Morgan fingerprint density at radius 3 is 2.94 bits per heavy atom. The maximum absolute atomic E-state index is 10.5. The Morgan fingerprint density at radius 2 is 2.25 bits per heavy atom. The van der Waals surface area contributed by atoms with Crippen molar-refractivity contribution in [1.82, 2.24) is 5.32 Å². The average molecular weight is 223 g/mol. The van der Waals surface area contributed by atoms with Crippen LogP contribution in [0.5, 0.6) is 11.5 Å². The lowest BCUT2D eigenvalue weighted by atomic mass is 9.89. The monoisotopic (exact) mass is 223 g/mol. The van der Waals surface area contributed by atoms with Gasteiger partial charge in [0, 0.05) is 5.56 Å². The SMILES string of the molecule is CNCC[C@@]1(O)COc2c(O)ccc(C)c21. The van der Waals surface area contributed by atoms with Crippen LogP contribution in [0.15, 0.2) is 12.1 Å². The van der Waals surface area contributed by atoms with Crippen LogP contribution in [0.25, 0.3) is 0 Å². The summed E-state index contributed by atoms with van der Waals surface area (Å²) in [6.07, 6.45) is 0.570. The molecule has 0 aromatic heterocycles. The highest BCUT2D eigenvalue weighted by atomic mass is 16.5. The second kappa shape index (κ2) is 3.96. The molecule has 2 rings (SSSR count). The molecule has 0 saturated heterocycles. The van der Waals surface area contributed by atoms with Crippen LogP contribution in [-0.2, 0) is 5.60 Å². The first kappa shape index (κ1) is 11.2. The van der Waals surface area contributed by atoms with Gasteiger partial charge in [0.15, 0.2) is 11.5 Å². The van der Waals surface area contributed by atoms with E-state index in [4.69, 9.17) is 4.74 Å². The van der Waals surface area contributed by atoms with Crippen LogP contribution < -0.4 is 10.1 Å². The quantitative estimate of drug-likeness (QED) is 0.712. The van der Waals surface area contributed by atoms with Crippen LogP contribution in [0.2, 0.25) is 0 Å². The number of aromatic hydroxyl groups is 1. The van der Waals surface area contributed by atoms with Crippen LogP contribution in [0, 0.1) is 6.92 Å². The minimum Gasteiger partial charge on any atom is -0.504 e. The summed E-state index contributed by atoms with van der Waals surface area (Å²) in [7, 11) is 1.84. The van der Waals surface area contributed by atoms with Gasteiger partial charge in [0.05, 0.1) is 0 Å². The van der Waals surface area contributed by atoms with Gasteiger partial charge in [0.25, 0.3) is 0 Å². The number of rotatable bonds is 3. The van der Waals surface area contributed by atoms with Crippen LogP contribution >= 0.6 is 0 Å². The highest BCUT2D eigenvalue weighted by Gasteiger charge is 2.40. The summed E-state index contributed by atoms with van der Waals surface area (Å²) in [5, 5.41) is 23.2. The van der Waals surface area contributed by atoms with Gasteiger partial charge in [-0.15, -0.1) is 0 Å². The molecule has 88 valence electrons. The van der Waals surface area contributed by atoms with Gasteiger partial charge in [-0.25, -0.2) is 0 Å². The van der Waals surface area contributed by atoms with Gasteiger partial charge >= 0.3 is 0 Å². The highest BCUT2D eigenvalue weighted by molar-refractivity contribution is 5.54. The fourth-order valence-corrected chi connectivity index (χ4v) is 2.19. The Hall–Kier alpha value is -1.26. The number of fused-ring (bicyclic) bond motifs is 1. The van der Waals surface area contributed by atoms with Crippen molar-refractivity contribution in [2.75, 3.05) is 20.2 Å². The molecule has 0 bridgehead atoms. The van der Waals surface area contributed by atoms with E-state index in [2.05, 4.69) is 5.32 Å². The van der Waals surface area contributed by atoms with Crippen molar-refractivity contribution in [3.63, 3.8) is 0 Å². The Kier molecular flexibility index (Phi) is 2.78. The Balaban J connectivity index is 2.41. The van der Waals surface area contributed by atoms with Crippen molar-refractivity contribution >= 4 is 0 Å². The topological polar surface area (TPSA) is 61.7 Å². The fourth-order valence-electron chi connectivity index (χ4n) is 2.19. The molecule has 16 heavy (non-hydrogen) atoms. The van der Waals surface area contributed by atoms with E-state index < -0.39 is 5.60 Å². The molecular weight excluding hydrogens is 206 g/mol. The van der Waals surface area contributed by atoms with E-state index in [9.17, 15) is 10.2 Å². The van der Waals surface area contributed by atoms with E-state index >= 15 is 0 Å². The molecule has 0 saturated carbocycles. The van der Waals surface area contributed by atoms with E-state index in [1.165, 1.54) is 0 Å². The molecule has 1 aromatic carbocycles. The zero-order valence-electron chi connectivity index (χ0n) is 9.58. The number of nitrogens with one attached hydrogen (secondary N) is 1. The molecule has 4 nitrogen and oxygen atoms in total. The minimum absolute atomic E-state index is 0.0981. The van der Waals surface area contributed by atoms with E-state index in [1.54, 1.807) is 12.1 Å². The third-order valence-corrected chi connectivity index (χ3v) is 3.05. The first-order valence-electron chi connectivity index (χ1n) is 5.41. The van der Waals surface area contributed by atoms with Gasteiger partial charge in [-0.2, -0.15) is 0 Å². The molecule has 0 unspecified atom stereocenters. The minimum atomic E-state index is -0.985. The molecule has 0 amide bonds. The van der Waals surface area contributed by atoms with Gasteiger partial charge in [-0.05, 0) is 38.6 Å². The highest BCUT2D eigenvalue weighted by Crippen LogP contribution is 2.45. The first-order chi connectivity index (χ1) is 7.58. The molecule has 0 aliphatic carbocycles. The molecule has 0 fully saturated rings. The predicted octanol–water partition coefficient (Wildman–Crippen LogP) is 0.890. The van der Waals surface area contributed by atoms with Crippen molar-refractivity contribution in [2.45, 2.75) is 18.9 Å². The molecule has 1 atom stereocenters. The molecule has 1 heterocycles. The van der Waals surface area contributed by atoms with E-state index in [1.807, 2.05) is 14.0 Å². The van der Waals surface area contributed by atoms with E-state index in [0.717, 1.165) is 11.1 Å². The summed E-state index contributed by atoms with van der Waals surface area (Å²) in [5.41, 5.74) is 0.688. The number of hydrogen-bond donors (Lipinski definition) is 3. The molecule has 3 N–H and O–H groups in total. The largest absolute Gasteiger partial charge is 0.504 e. The number of aliphatic hydroxyl groups is 1. The second-order valence-corrected chi connectivity index (χ2v) is 4.28. The van der Waals surface area contributed by atoms with Gasteiger partial charge in [0.2, 0.25) is 0 Å². The number of phenols is 1. The summed E-state index contributed by atoms with van der Waals surface area (Å²) in [6.45, 7) is 2.83. The lowest BCUT2D eigenvalue weighted by molar-refractivity contribution is 0.00870. The lowest BCUT2D eigenvalue weighted by Gasteiger charge is -2.22. The third-order valence-electron chi connectivity index (χ3n) is 3.05. The average Bonchev–Trinajstić information content (AvgIpc) is 2.61. The Bertz CT molecular complexity index is 405. The summed E-state index contributed by atoms with van der Waals surface area (Å²) >= 11 is 0. The number of ether oxygens (including phenoxy) is 1. The van der Waals surface area contributed by atoms with Gasteiger partial charge in [-0.3, -0.25) is 0 Å². The number of benzene rings is 1. The molecule has 4 heteroatoms. The first-order valence-corrected chi connectivity index (χ1v) is 5.41. The second-order valence-electron chi connectivity index (χ2n) is 4.28. The van der Waals surface area contributed by atoms with Crippen LogP contribution in [0.4, 0.5) is 0 Å². The van der Waals surface area contributed by atoms with Gasteiger partial charge < -0.3 is 20.3 Å². The third kappa shape index (κ3) is 1.64. The zero-order chi connectivity index (χ0) is 11.8. The normalized spacial score (nSPS) is 22.9. The van der Waals surface area contributed by atoms with Crippen molar-refractivity contribution < 1.29 is 14.9 Å². The van der Waals surface area contributed by atoms with Crippen molar-refractivity contribution in [3.8, 4) is 11.5 Å². The van der Waals surface area contributed by atoms with E-state index in [-0.39, 0.29) is 12.4 Å². The maximum Gasteiger partial charge on any atom is 0.167 e. The zero-order valence-corrected chi connectivity index (χ0v) is 9.58. The smallest absolute Gasteiger partial charge is 0.167 e. The molecule has 0 spiro atoms. The molecule has 1 aliphatic heterocycles. The summed E-state index contributed by atoms with van der Waals surface area (Å²) in [4.78, 5) is 0. The lowest BCUT2D eigenvalue weighted by Crippen LogP contribution is -2.31. The Labute approximate surface area is 94.9 Å². The summed E-state index contributed by atoms with van der Waals surface area (Å²) in [6, 6.07) is 3.39. The summed E-state index contributed by atoms with van der Waals surface area (Å²) < 4.78 is 5.39. The number of phenolic OH excluding ortho intramolecular Hbond substituents is 1.